The minimum absolute atomic E-state index is 0.00459. The minimum Gasteiger partial charge on any atom is -0.369 e. The third-order valence-corrected chi connectivity index (χ3v) is 8.00. The zero-order valence-electron chi connectivity index (χ0n) is 15.0. The van der Waals surface area contributed by atoms with Gasteiger partial charge in [0.25, 0.3) is 5.56 Å². The van der Waals surface area contributed by atoms with Crippen LogP contribution in [-0.2, 0) is 31.6 Å². The standard InChI is InChI=1S/C10H16N5O12P3S/c11-10-13-7-6(8(16)14-10)12-3-15(7)9-5(31)1-4(25-9)2-24-29(20,21)27-30(22,23)26-28(17,18)19/h3-5,9,31H,1-2H2,(H,20,21)(H,22,23)(H2,17,18,19)(H3,11,13,14,16)/t4-,5+,9+/m0/s1. The molecule has 17 nitrogen and oxygen atoms in total. The number of nitrogens with one attached hydrogen (secondary N) is 1. The van der Waals surface area contributed by atoms with Crippen LogP contribution in [0.4, 0.5) is 5.95 Å². The highest BCUT2D eigenvalue weighted by molar-refractivity contribution is 7.81. The summed E-state index contributed by atoms with van der Waals surface area (Å²) in [5.74, 6) is -0.155. The maximum atomic E-state index is 11.9. The molecular formula is C10H16N5O12P3S. The molecule has 5 atom stereocenters. The van der Waals surface area contributed by atoms with Crippen LogP contribution in [-0.4, -0.2) is 57.1 Å². The lowest BCUT2D eigenvalue weighted by atomic mass is 10.2. The van der Waals surface area contributed by atoms with Gasteiger partial charge in [0.05, 0.1) is 19.0 Å². The van der Waals surface area contributed by atoms with Crippen LogP contribution in [0.15, 0.2) is 11.1 Å². The maximum absolute atomic E-state index is 11.9. The van der Waals surface area contributed by atoms with Gasteiger partial charge in [-0.05, 0) is 6.42 Å². The van der Waals surface area contributed by atoms with Crippen LogP contribution in [0, 0.1) is 0 Å². The summed E-state index contributed by atoms with van der Waals surface area (Å²) < 4.78 is 52.6. The van der Waals surface area contributed by atoms with Crippen LogP contribution in [0.25, 0.3) is 11.2 Å². The van der Waals surface area contributed by atoms with Crippen LogP contribution in [0.5, 0.6) is 0 Å². The van der Waals surface area contributed by atoms with Crippen molar-refractivity contribution in [1.29, 1.82) is 0 Å². The molecule has 3 rings (SSSR count). The quantitative estimate of drug-likeness (QED) is 0.172. The first-order valence-corrected chi connectivity index (χ1v) is 13.0. The first kappa shape index (κ1) is 24.5. The molecule has 0 spiro atoms. The maximum Gasteiger partial charge on any atom is 0.490 e. The van der Waals surface area contributed by atoms with E-state index in [1.807, 2.05) is 0 Å². The number of nitrogens with two attached hydrogens (primary N) is 1. The van der Waals surface area contributed by atoms with Gasteiger partial charge in [-0.1, -0.05) is 0 Å². The van der Waals surface area contributed by atoms with Gasteiger partial charge in [0, 0.05) is 5.25 Å². The Hall–Kier alpha value is -1.13. The van der Waals surface area contributed by atoms with Gasteiger partial charge in [-0.2, -0.15) is 26.2 Å². The lowest BCUT2D eigenvalue weighted by Crippen LogP contribution is -2.18. The first-order valence-electron chi connectivity index (χ1n) is 8.00. The highest BCUT2D eigenvalue weighted by atomic mass is 32.1. The Morgan fingerprint density at radius 2 is 1.94 bits per heavy atom. The summed E-state index contributed by atoms with van der Waals surface area (Å²) in [5, 5.41) is -0.519. The average molecular weight is 523 g/mol. The molecule has 0 amide bonds. The summed E-state index contributed by atoms with van der Waals surface area (Å²) in [6.45, 7) is -0.639. The fraction of sp³-hybridized carbons (Fsp3) is 0.500. The van der Waals surface area contributed by atoms with E-state index in [4.69, 9.17) is 25.2 Å². The van der Waals surface area contributed by atoms with E-state index < -0.39 is 53.2 Å². The summed E-state index contributed by atoms with van der Waals surface area (Å²) in [7, 11) is -16.4. The van der Waals surface area contributed by atoms with Gasteiger partial charge >= 0.3 is 23.5 Å². The summed E-state index contributed by atoms with van der Waals surface area (Å²) in [6.07, 6.45) is -0.293. The number of imidazole rings is 1. The SMILES string of the molecule is Nc1nc2c(ncn2[C@@H]2O[C@H](COP(=O)(O)OP(=O)(O)OP(=O)(O)O)C[C@H]2S)c(=O)[nH]1. The van der Waals surface area contributed by atoms with E-state index in [-0.39, 0.29) is 23.5 Å². The highest BCUT2D eigenvalue weighted by Crippen LogP contribution is 2.66. The monoisotopic (exact) mass is 523 g/mol. The van der Waals surface area contributed by atoms with E-state index in [9.17, 15) is 23.4 Å². The van der Waals surface area contributed by atoms with Gasteiger partial charge in [-0.25, -0.2) is 18.7 Å². The molecule has 21 heteroatoms. The molecule has 0 bridgehead atoms. The number of nitrogen functional groups attached to an aromatic ring is 1. The lowest BCUT2D eigenvalue weighted by molar-refractivity contribution is -0.0193. The number of hydrogen-bond acceptors (Lipinski definition) is 12. The molecule has 1 aliphatic heterocycles. The Labute approximate surface area is 177 Å². The van der Waals surface area contributed by atoms with Crippen LogP contribution in [0.2, 0.25) is 0 Å². The predicted octanol–water partition coefficient (Wildman–Crippen LogP) is -0.369. The third-order valence-electron chi connectivity index (χ3n) is 3.73. The number of fused-ring (bicyclic) bond motifs is 1. The number of phosphoric ester groups is 1. The third kappa shape index (κ3) is 6.22. The van der Waals surface area contributed by atoms with Gasteiger partial charge in [-0.3, -0.25) is 18.9 Å². The first-order chi connectivity index (χ1) is 14.2. The number of phosphoric acid groups is 3. The normalized spacial score (nSPS) is 26.0. The summed E-state index contributed by atoms with van der Waals surface area (Å²) >= 11 is 4.36. The van der Waals surface area contributed by atoms with Crippen molar-refractivity contribution in [2.24, 2.45) is 0 Å². The van der Waals surface area contributed by atoms with E-state index >= 15 is 0 Å². The fourth-order valence-electron chi connectivity index (χ4n) is 2.70. The molecule has 0 radical (unpaired) electrons. The lowest BCUT2D eigenvalue weighted by Gasteiger charge is -2.19. The second-order valence-corrected chi connectivity index (χ2v) is 11.2. The van der Waals surface area contributed by atoms with Crippen molar-refractivity contribution < 1.29 is 51.2 Å². The second kappa shape index (κ2) is 8.67. The van der Waals surface area contributed by atoms with Gasteiger partial charge in [0.2, 0.25) is 5.95 Å². The van der Waals surface area contributed by atoms with Gasteiger partial charge < -0.3 is 30.0 Å². The Balaban J connectivity index is 1.67. The number of hydrogen-bond donors (Lipinski definition) is 7. The molecule has 174 valence electrons. The van der Waals surface area contributed by atoms with Gasteiger partial charge in [-0.15, -0.1) is 0 Å². The second-order valence-electron chi connectivity index (χ2n) is 6.11. The van der Waals surface area contributed by atoms with Crippen molar-refractivity contribution in [2.45, 2.75) is 24.0 Å². The summed E-state index contributed by atoms with van der Waals surface area (Å²) in [4.78, 5) is 57.8. The molecule has 2 unspecified atom stereocenters. The Morgan fingerprint density at radius 3 is 2.58 bits per heavy atom. The number of aromatic nitrogens is 4. The zero-order chi connectivity index (χ0) is 23.2. The number of anilines is 1. The Morgan fingerprint density at radius 1 is 1.26 bits per heavy atom. The van der Waals surface area contributed by atoms with E-state index in [2.05, 4.69) is 40.7 Å². The molecule has 2 aromatic heterocycles. The van der Waals surface area contributed by atoms with E-state index in [1.54, 1.807) is 0 Å². The number of ether oxygens (including phenoxy) is 1. The van der Waals surface area contributed by atoms with E-state index in [1.165, 1.54) is 10.9 Å². The summed E-state index contributed by atoms with van der Waals surface area (Å²) in [5.41, 5.74) is 5.07. The summed E-state index contributed by atoms with van der Waals surface area (Å²) in [6, 6.07) is 0. The van der Waals surface area contributed by atoms with E-state index in [0.29, 0.717) is 0 Å². The zero-order valence-corrected chi connectivity index (χ0v) is 18.6. The largest absolute Gasteiger partial charge is 0.490 e. The van der Waals surface area contributed by atoms with E-state index in [0.717, 1.165) is 0 Å². The fourth-order valence-corrected chi connectivity index (χ4v) is 6.20. The molecule has 0 saturated carbocycles. The predicted molar refractivity (Wildman–Crippen MR) is 104 cm³/mol. The molecule has 2 aromatic rings. The number of H-pyrrole nitrogens is 1. The number of aromatic amines is 1. The van der Waals surface area contributed by atoms with Crippen LogP contribution >= 0.6 is 36.1 Å². The molecule has 3 heterocycles. The van der Waals surface area contributed by atoms with Crippen molar-refractivity contribution in [3.63, 3.8) is 0 Å². The van der Waals surface area contributed by atoms with Crippen molar-refractivity contribution in [1.82, 2.24) is 19.5 Å². The van der Waals surface area contributed by atoms with Crippen molar-refractivity contribution in [3.8, 4) is 0 Å². The van der Waals surface area contributed by atoms with Gasteiger partial charge in [0.1, 0.15) is 6.23 Å². The average Bonchev–Trinajstić information content (AvgIpc) is 3.12. The number of nitrogens with zero attached hydrogens (tertiary/aromatic N) is 3. The molecule has 0 aliphatic carbocycles. The van der Waals surface area contributed by atoms with Gasteiger partial charge in [0.15, 0.2) is 11.2 Å². The Bertz CT molecular complexity index is 1180. The van der Waals surface area contributed by atoms with Crippen molar-refractivity contribution in [2.75, 3.05) is 12.3 Å². The molecule has 1 saturated heterocycles. The molecule has 1 aliphatic rings. The van der Waals surface area contributed by atoms with Crippen LogP contribution in [0.1, 0.15) is 12.6 Å². The number of thiol groups is 1. The topological polar surface area (TPSA) is 259 Å². The molecule has 1 fully saturated rings. The molecule has 0 aromatic carbocycles. The van der Waals surface area contributed by atoms with Crippen molar-refractivity contribution >= 4 is 53.2 Å². The highest BCUT2D eigenvalue weighted by Gasteiger charge is 2.42. The molecular weight excluding hydrogens is 507 g/mol. The van der Waals surface area contributed by atoms with Crippen LogP contribution in [0.3, 0.4) is 0 Å². The number of rotatable bonds is 8. The van der Waals surface area contributed by atoms with Crippen molar-refractivity contribution in [3.05, 3.63) is 16.7 Å². The molecule has 7 N–H and O–H groups in total. The smallest absolute Gasteiger partial charge is 0.369 e. The molecule has 31 heavy (non-hydrogen) atoms. The van der Waals surface area contributed by atoms with Crippen LogP contribution < -0.4 is 11.3 Å². The minimum atomic E-state index is -5.62. The Kier molecular flexibility index (Phi) is 6.85.